The van der Waals surface area contributed by atoms with E-state index < -0.39 is 45.9 Å². The van der Waals surface area contributed by atoms with Gasteiger partial charge in [-0.25, -0.2) is 17.6 Å². The first kappa shape index (κ1) is 25.9. The molecule has 3 rings (SSSR count). The number of nitrogens with zero attached hydrogens (tertiary/aromatic N) is 1. The van der Waals surface area contributed by atoms with Crippen LogP contribution in [-0.2, 0) is 4.79 Å². The first-order valence-corrected chi connectivity index (χ1v) is 10.6. The van der Waals surface area contributed by atoms with Gasteiger partial charge < -0.3 is 19.5 Å². The van der Waals surface area contributed by atoms with Crippen molar-refractivity contribution in [2.45, 2.75) is 0 Å². The molecule has 1 aliphatic rings. The highest BCUT2D eigenvalue weighted by atomic mass is 32.2. The van der Waals surface area contributed by atoms with Crippen molar-refractivity contribution in [3.05, 3.63) is 57.5 Å². The zero-order valence-corrected chi connectivity index (χ0v) is 19.4. The molecule has 13 heteroatoms. The van der Waals surface area contributed by atoms with Gasteiger partial charge in [-0.3, -0.25) is 19.3 Å². The molecule has 1 N–H and O–H groups in total. The van der Waals surface area contributed by atoms with Crippen LogP contribution in [0.3, 0.4) is 0 Å². The van der Waals surface area contributed by atoms with Gasteiger partial charge in [0.1, 0.15) is 0 Å². The summed E-state index contributed by atoms with van der Waals surface area (Å²) in [7, 11) is 4.27. The molecule has 0 atom stereocenters. The molecule has 0 saturated carbocycles. The molecule has 35 heavy (non-hydrogen) atoms. The van der Waals surface area contributed by atoms with E-state index in [0.29, 0.717) is 34.6 Å². The van der Waals surface area contributed by atoms with E-state index in [1.54, 1.807) is 12.1 Å². The number of rotatable bonds is 8. The number of thioether (sulfide) groups is 1. The number of halogens is 4. The number of benzene rings is 2. The molecular formula is C22H18F4N2O6S. The number of carbonyl (C=O) groups is 3. The smallest absolute Gasteiger partial charge is 0.293 e. The Labute approximate surface area is 200 Å². The van der Waals surface area contributed by atoms with Crippen LogP contribution in [0.4, 0.5) is 22.4 Å². The van der Waals surface area contributed by atoms with E-state index in [2.05, 4.69) is 5.32 Å². The second-order valence-corrected chi connectivity index (χ2v) is 7.89. The fourth-order valence-electron chi connectivity index (χ4n) is 3.14. The van der Waals surface area contributed by atoms with Gasteiger partial charge in [-0.15, -0.1) is 0 Å². The summed E-state index contributed by atoms with van der Waals surface area (Å²) in [5.74, 6) is -8.67. The lowest BCUT2D eigenvalue weighted by Gasteiger charge is -2.14. The average molecular weight is 514 g/mol. The quantitative estimate of drug-likeness (QED) is 0.248. The minimum Gasteiger partial charge on any atom is -0.493 e. The Morgan fingerprint density at radius 3 is 2.17 bits per heavy atom. The minimum atomic E-state index is -2.13. The predicted molar refractivity (Wildman–Crippen MR) is 117 cm³/mol. The highest BCUT2D eigenvalue weighted by molar-refractivity contribution is 8.18. The lowest BCUT2D eigenvalue weighted by molar-refractivity contribution is -0.122. The first-order chi connectivity index (χ1) is 16.6. The van der Waals surface area contributed by atoms with Gasteiger partial charge in [0, 0.05) is 13.1 Å². The molecule has 1 heterocycles. The fraction of sp³-hybridized carbons (Fsp3) is 0.227. The molecular weight excluding hydrogens is 496 g/mol. The summed E-state index contributed by atoms with van der Waals surface area (Å²) >= 11 is 0.649. The number of carbonyl (C=O) groups excluding carboxylic acids is 3. The Balaban J connectivity index is 1.71. The molecule has 2 aromatic rings. The lowest BCUT2D eigenvalue weighted by Crippen LogP contribution is -2.37. The number of imide groups is 1. The van der Waals surface area contributed by atoms with Gasteiger partial charge >= 0.3 is 0 Å². The summed E-state index contributed by atoms with van der Waals surface area (Å²) in [4.78, 5) is 38.0. The Morgan fingerprint density at radius 1 is 0.971 bits per heavy atom. The largest absolute Gasteiger partial charge is 0.493 e. The molecule has 0 unspecified atom stereocenters. The molecule has 1 aliphatic heterocycles. The SMILES string of the molecule is COc1cc(/C=C2\SC(=O)N(CCNC(=O)c3cc(F)c(F)c(F)c3F)C2=O)cc(OC)c1OC. The van der Waals surface area contributed by atoms with Crippen molar-refractivity contribution in [1.29, 1.82) is 0 Å². The lowest BCUT2D eigenvalue weighted by atomic mass is 10.1. The van der Waals surface area contributed by atoms with E-state index in [4.69, 9.17) is 14.2 Å². The number of amides is 3. The van der Waals surface area contributed by atoms with Crippen molar-refractivity contribution < 1.29 is 46.2 Å². The van der Waals surface area contributed by atoms with Gasteiger partial charge in [0.25, 0.3) is 17.1 Å². The number of methoxy groups -OCH3 is 3. The Bertz CT molecular complexity index is 1210. The maximum Gasteiger partial charge on any atom is 0.293 e. The Hall–Kier alpha value is -3.74. The van der Waals surface area contributed by atoms with Crippen LogP contribution in [-0.4, -0.2) is 56.4 Å². The molecule has 3 amide bonds. The molecule has 0 aromatic heterocycles. The van der Waals surface area contributed by atoms with Crippen molar-refractivity contribution in [1.82, 2.24) is 10.2 Å². The van der Waals surface area contributed by atoms with E-state index in [-0.39, 0.29) is 24.1 Å². The molecule has 0 spiro atoms. The molecule has 0 aliphatic carbocycles. The van der Waals surface area contributed by atoms with Crippen LogP contribution < -0.4 is 19.5 Å². The zero-order chi connectivity index (χ0) is 25.9. The maximum absolute atomic E-state index is 13.8. The number of hydrogen-bond acceptors (Lipinski definition) is 7. The van der Waals surface area contributed by atoms with Crippen molar-refractivity contribution in [3.8, 4) is 17.2 Å². The zero-order valence-electron chi connectivity index (χ0n) is 18.5. The summed E-state index contributed by atoms with van der Waals surface area (Å²) < 4.78 is 69.2. The van der Waals surface area contributed by atoms with E-state index in [0.717, 1.165) is 4.90 Å². The van der Waals surface area contributed by atoms with Crippen LogP contribution in [0.5, 0.6) is 17.2 Å². The third-order valence-corrected chi connectivity index (χ3v) is 5.73. The van der Waals surface area contributed by atoms with E-state index in [9.17, 15) is 31.9 Å². The van der Waals surface area contributed by atoms with Crippen LogP contribution in [0.25, 0.3) is 6.08 Å². The van der Waals surface area contributed by atoms with Crippen molar-refractivity contribution in [2.75, 3.05) is 34.4 Å². The summed E-state index contributed by atoms with van der Waals surface area (Å²) in [6.07, 6.45) is 1.44. The summed E-state index contributed by atoms with van der Waals surface area (Å²) in [6.45, 7) is -0.662. The van der Waals surface area contributed by atoms with Gasteiger partial charge in [-0.05, 0) is 41.6 Å². The fourth-order valence-corrected chi connectivity index (χ4v) is 4.01. The van der Waals surface area contributed by atoms with Gasteiger partial charge in [-0.1, -0.05) is 0 Å². The monoisotopic (exact) mass is 514 g/mol. The number of ether oxygens (including phenoxy) is 3. The molecule has 0 bridgehead atoms. The Kier molecular flexibility index (Phi) is 7.89. The molecule has 1 saturated heterocycles. The van der Waals surface area contributed by atoms with Crippen molar-refractivity contribution >= 4 is 34.9 Å². The first-order valence-electron chi connectivity index (χ1n) is 9.79. The van der Waals surface area contributed by atoms with Crippen LogP contribution >= 0.6 is 11.8 Å². The Morgan fingerprint density at radius 2 is 1.60 bits per heavy atom. The highest BCUT2D eigenvalue weighted by Crippen LogP contribution is 2.40. The average Bonchev–Trinajstić information content (AvgIpc) is 3.11. The maximum atomic E-state index is 13.8. The van der Waals surface area contributed by atoms with Crippen molar-refractivity contribution in [2.24, 2.45) is 0 Å². The van der Waals surface area contributed by atoms with Gasteiger partial charge in [0.2, 0.25) is 5.75 Å². The third-order valence-electron chi connectivity index (χ3n) is 4.83. The highest BCUT2D eigenvalue weighted by Gasteiger charge is 2.35. The molecule has 1 fully saturated rings. The molecule has 0 radical (unpaired) electrons. The standard InChI is InChI=1S/C22H18F4N2O6S/c1-32-13-6-10(7-14(33-2)19(13)34-3)8-15-21(30)28(22(31)35-15)5-4-27-20(29)11-9-12(23)17(25)18(26)16(11)24/h6-9H,4-5H2,1-3H3,(H,27,29)/b15-8-. The van der Waals surface area contributed by atoms with Crippen LogP contribution in [0, 0.1) is 23.3 Å². The summed E-state index contributed by atoms with van der Waals surface area (Å²) in [5.41, 5.74) is -0.577. The number of hydrogen-bond donors (Lipinski definition) is 1. The normalized spacial score (nSPS) is 14.5. The van der Waals surface area contributed by atoms with Gasteiger partial charge in [-0.2, -0.15) is 0 Å². The molecule has 8 nitrogen and oxygen atoms in total. The topological polar surface area (TPSA) is 94.2 Å². The third kappa shape index (κ3) is 5.19. The molecule has 2 aromatic carbocycles. The molecule has 186 valence electrons. The summed E-state index contributed by atoms with van der Waals surface area (Å²) in [5, 5.41) is 1.50. The van der Waals surface area contributed by atoms with Gasteiger partial charge in [0.05, 0.1) is 31.8 Å². The van der Waals surface area contributed by atoms with Crippen molar-refractivity contribution in [3.63, 3.8) is 0 Å². The minimum absolute atomic E-state index is 0.0734. The second kappa shape index (κ2) is 10.7. The van der Waals surface area contributed by atoms with Crippen LogP contribution in [0.2, 0.25) is 0 Å². The van der Waals surface area contributed by atoms with Crippen LogP contribution in [0.15, 0.2) is 23.1 Å². The summed E-state index contributed by atoms with van der Waals surface area (Å²) in [6, 6.07) is 3.36. The second-order valence-electron chi connectivity index (χ2n) is 6.90. The predicted octanol–water partition coefficient (Wildman–Crippen LogP) is 3.74. The van der Waals surface area contributed by atoms with E-state index >= 15 is 0 Å². The van der Waals surface area contributed by atoms with Crippen LogP contribution in [0.1, 0.15) is 15.9 Å². The van der Waals surface area contributed by atoms with E-state index in [1.165, 1.54) is 27.4 Å². The number of nitrogens with one attached hydrogen (secondary N) is 1. The van der Waals surface area contributed by atoms with Gasteiger partial charge in [0.15, 0.2) is 34.8 Å². The van der Waals surface area contributed by atoms with E-state index in [1.807, 2.05) is 0 Å².